The van der Waals surface area contributed by atoms with Gasteiger partial charge in [-0.2, -0.15) is 0 Å². The van der Waals surface area contributed by atoms with Crippen LogP contribution in [0.1, 0.15) is 53.9 Å². The van der Waals surface area contributed by atoms with Gasteiger partial charge >= 0.3 is 11.9 Å². The summed E-state index contributed by atoms with van der Waals surface area (Å²) in [6, 6.07) is 0. The van der Waals surface area contributed by atoms with Crippen LogP contribution in [0.4, 0.5) is 0 Å². The number of esters is 2. The molecule has 0 aromatic rings. The zero-order valence-corrected chi connectivity index (χ0v) is 16.6. The van der Waals surface area contributed by atoms with Gasteiger partial charge in [-0.25, -0.2) is 9.59 Å². The number of rotatable bonds is 8. The van der Waals surface area contributed by atoms with Gasteiger partial charge in [0.1, 0.15) is 0 Å². The van der Waals surface area contributed by atoms with E-state index in [0.717, 1.165) is 11.1 Å². The number of carbonyl (C=O) groups excluding carboxylic acids is 3. The van der Waals surface area contributed by atoms with Crippen molar-refractivity contribution in [2.75, 3.05) is 13.2 Å². The molecule has 1 aliphatic carbocycles. The van der Waals surface area contributed by atoms with Crippen LogP contribution in [0, 0.1) is 11.3 Å². The molecule has 5 nitrogen and oxygen atoms in total. The monoisotopic (exact) mass is 362 g/mol. The first-order chi connectivity index (χ1) is 12.0. The van der Waals surface area contributed by atoms with E-state index >= 15 is 0 Å². The highest BCUT2D eigenvalue weighted by Gasteiger charge is 2.39. The van der Waals surface area contributed by atoms with E-state index in [-0.39, 0.29) is 30.3 Å². The molecule has 0 amide bonds. The van der Waals surface area contributed by atoms with Crippen molar-refractivity contribution in [1.82, 2.24) is 0 Å². The smallest absolute Gasteiger partial charge is 0.333 e. The lowest BCUT2D eigenvalue weighted by Gasteiger charge is -2.40. The third kappa shape index (κ3) is 5.68. The lowest BCUT2D eigenvalue weighted by molar-refractivity contribution is -0.140. The number of Topliss-reactive ketones (excluding diaryl/α,β-unsaturated/α-hetero) is 1. The largest absolute Gasteiger partial charge is 0.462 e. The molecule has 1 aliphatic rings. The second-order valence-electron chi connectivity index (χ2n) is 7.67. The minimum Gasteiger partial charge on any atom is -0.462 e. The average molecular weight is 362 g/mol. The molecule has 0 aromatic carbocycles. The molecule has 1 unspecified atom stereocenters. The molecule has 144 valence electrons. The van der Waals surface area contributed by atoms with Crippen molar-refractivity contribution in [2.24, 2.45) is 11.3 Å². The molecule has 0 aromatic heterocycles. The third-order valence-electron chi connectivity index (χ3n) is 4.82. The highest BCUT2D eigenvalue weighted by Crippen LogP contribution is 2.44. The fourth-order valence-corrected chi connectivity index (χ4v) is 3.37. The fourth-order valence-electron chi connectivity index (χ4n) is 3.37. The Kier molecular flexibility index (Phi) is 7.54. The Morgan fingerprint density at radius 3 is 2.08 bits per heavy atom. The SMILES string of the molecule is C=C(C)C(=O)OCCC1=C(C)C(CCOC(=O)C(=C)C)C(C)(C)CC1=O. The number of ketones is 1. The molecule has 0 aliphatic heterocycles. The van der Waals surface area contributed by atoms with E-state index in [9.17, 15) is 14.4 Å². The number of ether oxygens (including phenoxy) is 2. The van der Waals surface area contributed by atoms with Gasteiger partial charge in [-0.15, -0.1) is 0 Å². The molecule has 5 heteroatoms. The predicted molar refractivity (Wildman–Crippen MR) is 100 cm³/mol. The first kappa shape index (κ1) is 21.9. The lowest BCUT2D eigenvalue weighted by Crippen LogP contribution is -2.35. The molecule has 0 heterocycles. The predicted octanol–water partition coefficient (Wildman–Crippen LogP) is 3.94. The number of allylic oxidation sites excluding steroid dienone is 1. The molecule has 0 saturated heterocycles. The third-order valence-corrected chi connectivity index (χ3v) is 4.82. The van der Waals surface area contributed by atoms with E-state index in [1.165, 1.54) is 0 Å². The Balaban J connectivity index is 2.82. The molecule has 0 fully saturated rings. The molecule has 0 radical (unpaired) electrons. The number of hydrogen-bond donors (Lipinski definition) is 0. The van der Waals surface area contributed by atoms with Gasteiger partial charge in [-0.05, 0) is 44.1 Å². The van der Waals surface area contributed by atoms with Gasteiger partial charge in [-0.3, -0.25) is 4.79 Å². The summed E-state index contributed by atoms with van der Waals surface area (Å²) in [6.07, 6.45) is 1.45. The first-order valence-electron chi connectivity index (χ1n) is 8.85. The van der Waals surface area contributed by atoms with E-state index in [2.05, 4.69) is 27.0 Å². The number of hydrogen-bond acceptors (Lipinski definition) is 5. The van der Waals surface area contributed by atoms with Crippen LogP contribution in [0.15, 0.2) is 35.5 Å². The van der Waals surface area contributed by atoms with Gasteiger partial charge in [0.15, 0.2) is 5.78 Å². The van der Waals surface area contributed by atoms with Crippen LogP contribution in [0.2, 0.25) is 0 Å². The lowest BCUT2D eigenvalue weighted by atomic mass is 9.64. The average Bonchev–Trinajstić information content (AvgIpc) is 2.52. The molecule has 26 heavy (non-hydrogen) atoms. The van der Waals surface area contributed by atoms with E-state index in [1.54, 1.807) is 13.8 Å². The van der Waals surface area contributed by atoms with Crippen molar-refractivity contribution in [1.29, 1.82) is 0 Å². The summed E-state index contributed by atoms with van der Waals surface area (Å²) in [5, 5.41) is 0. The molecule has 0 N–H and O–H groups in total. The molecular weight excluding hydrogens is 332 g/mol. The van der Waals surface area contributed by atoms with Gasteiger partial charge in [-0.1, -0.05) is 32.6 Å². The minimum absolute atomic E-state index is 0.0917. The summed E-state index contributed by atoms with van der Waals surface area (Å²) in [4.78, 5) is 35.6. The van der Waals surface area contributed by atoms with E-state index < -0.39 is 11.9 Å². The van der Waals surface area contributed by atoms with Gasteiger partial charge in [0, 0.05) is 24.0 Å². The summed E-state index contributed by atoms with van der Waals surface area (Å²) < 4.78 is 10.3. The number of carbonyl (C=O) groups is 3. The van der Waals surface area contributed by atoms with Crippen LogP contribution >= 0.6 is 0 Å². The maximum Gasteiger partial charge on any atom is 0.333 e. The molecule has 0 spiro atoms. The molecule has 0 bridgehead atoms. The second-order valence-corrected chi connectivity index (χ2v) is 7.67. The van der Waals surface area contributed by atoms with Crippen LogP contribution in [0.3, 0.4) is 0 Å². The van der Waals surface area contributed by atoms with Crippen LogP contribution in [0.5, 0.6) is 0 Å². The first-order valence-corrected chi connectivity index (χ1v) is 8.85. The molecule has 1 rings (SSSR count). The van der Waals surface area contributed by atoms with Crippen LogP contribution in [0.25, 0.3) is 0 Å². The van der Waals surface area contributed by atoms with Crippen molar-refractivity contribution in [2.45, 2.75) is 53.9 Å². The Hall–Kier alpha value is -2.17. The van der Waals surface area contributed by atoms with Crippen LogP contribution in [-0.4, -0.2) is 30.9 Å². The summed E-state index contributed by atoms with van der Waals surface area (Å²) in [7, 11) is 0. The van der Waals surface area contributed by atoms with Gasteiger partial charge in [0.2, 0.25) is 0 Å². The molecular formula is C21H30O5. The van der Waals surface area contributed by atoms with Crippen LogP contribution in [-0.2, 0) is 23.9 Å². The summed E-state index contributed by atoms with van der Waals surface area (Å²) in [6.45, 7) is 16.8. The quantitative estimate of drug-likeness (QED) is 0.483. The van der Waals surface area contributed by atoms with Crippen LogP contribution < -0.4 is 0 Å². The Labute approximate surface area is 156 Å². The van der Waals surface area contributed by atoms with Gasteiger partial charge in [0.05, 0.1) is 13.2 Å². The van der Waals surface area contributed by atoms with Crippen molar-refractivity contribution in [3.8, 4) is 0 Å². The van der Waals surface area contributed by atoms with Gasteiger partial charge in [0.25, 0.3) is 0 Å². The van der Waals surface area contributed by atoms with E-state index in [0.29, 0.717) is 30.4 Å². The van der Waals surface area contributed by atoms with E-state index in [4.69, 9.17) is 9.47 Å². The van der Waals surface area contributed by atoms with Crippen molar-refractivity contribution in [3.05, 3.63) is 35.5 Å². The maximum atomic E-state index is 12.5. The van der Waals surface area contributed by atoms with Crippen molar-refractivity contribution < 1.29 is 23.9 Å². The minimum atomic E-state index is -0.449. The Morgan fingerprint density at radius 1 is 1.08 bits per heavy atom. The topological polar surface area (TPSA) is 69.7 Å². The highest BCUT2D eigenvalue weighted by molar-refractivity contribution is 5.97. The summed E-state index contributed by atoms with van der Waals surface area (Å²) in [5.41, 5.74) is 2.20. The summed E-state index contributed by atoms with van der Waals surface area (Å²) in [5.74, 6) is -0.641. The fraction of sp³-hybridized carbons (Fsp3) is 0.571. The Morgan fingerprint density at radius 2 is 1.58 bits per heavy atom. The normalized spacial score (nSPS) is 19.1. The molecule has 1 atom stereocenters. The van der Waals surface area contributed by atoms with Crippen molar-refractivity contribution >= 4 is 17.7 Å². The Bertz CT molecular complexity index is 651. The van der Waals surface area contributed by atoms with Gasteiger partial charge < -0.3 is 9.47 Å². The highest BCUT2D eigenvalue weighted by atomic mass is 16.5. The van der Waals surface area contributed by atoms with Crippen molar-refractivity contribution in [3.63, 3.8) is 0 Å². The summed E-state index contributed by atoms with van der Waals surface area (Å²) >= 11 is 0. The zero-order valence-electron chi connectivity index (χ0n) is 16.6. The second kappa shape index (κ2) is 8.97. The van der Waals surface area contributed by atoms with E-state index in [1.807, 2.05) is 6.92 Å². The molecule has 0 saturated carbocycles. The zero-order chi connectivity index (χ0) is 20.1. The maximum absolute atomic E-state index is 12.5. The standard InChI is InChI=1S/C21H30O5/c1-13(2)19(23)25-10-8-16-15(5)17(21(6,7)12-18(16)22)9-11-26-20(24)14(3)4/h17H,1,3,8-12H2,2,4-7H3.